The van der Waals surface area contributed by atoms with Crippen LogP contribution >= 0.6 is 27.5 Å². The number of nitrogens with one attached hydrogen (secondary N) is 2. The van der Waals surface area contributed by atoms with E-state index in [9.17, 15) is 4.39 Å². The zero-order valence-corrected chi connectivity index (χ0v) is 14.6. The molecule has 1 heterocycles. The molecular weight excluding hydrogens is 387 g/mol. The molecule has 23 heavy (non-hydrogen) atoms. The predicted molar refractivity (Wildman–Crippen MR) is 95.2 cm³/mol. The number of benzene rings is 1. The van der Waals surface area contributed by atoms with Gasteiger partial charge in [-0.15, -0.1) is 0 Å². The first-order chi connectivity index (χ1) is 11.0. The van der Waals surface area contributed by atoms with Gasteiger partial charge in [-0.2, -0.15) is 0 Å². The fourth-order valence-electron chi connectivity index (χ4n) is 1.89. The molecule has 1 aliphatic rings. The second kappa shape index (κ2) is 8.33. The molecule has 1 saturated heterocycles. The maximum atomic E-state index is 13.1. The van der Waals surface area contributed by atoms with Gasteiger partial charge in [-0.05, 0) is 40.5 Å². The van der Waals surface area contributed by atoms with E-state index in [0.717, 1.165) is 6.42 Å². The van der Waals surface area contributed by atoms with Gasteiger partial charge in [0, 0.05) is 18.5 Å². The molecule has 5 nitrogen and oxygen atoms in total. The lowest BCUT2D eigenvalue weighted by Crippen LogP contribution is -2.20. The normalized spacial score (nSPS) is 18.8. The SMILES string of the molecule is C=C(NC=C(Br)C(N)=N[C@@H]1CCOC1)Nc1ccc(F)c(Cl)c1. The van der Waals surface area contributed by atoms with Crippen molar-refractivity contribution in [2.45, 2.75) is 12.5 Å². The van der Waals surface area contributed by atoms with Crippen LogP contribution in [0, 0.1) is 5.82 Å². The molecule has 0 amide bonds. The largest absolute Gasteiger partial charge is 0.383 e. The molecule has 2 rings (SSSR count). The summed E-state index contributed by atoms with van der Waals surface area (Å²) in [5.41, 5.74) is 6.52. The smallest absolute Gasteiger partial charge is 0.141 e. The van der Waals surface area contributed by atoms with E-state index in [1.165, 1.54) is 12.1 Å². The van der Waals surface area contributed by atoms with Gasteiger partial charge in [-0.3, -0.25) is 4.99 Å². The van der Waals surface area contributed by atoms with Gasteiger partial charge in [-0.25, -0.2) is 4.39 Å². The minimum absolute atomic E-state index is 0.0367. The number of nitrogens with zero attached hydrogens (tertiary/aromatic N) is 1. The first kappa shape index (κ1) is 17.8. The molecule has 0 bridgehead atoms. The molecule has 1 aliphatic heterocycles. The molecular formula is C15H17BrClFN4O. The molecule has 0 saturated carbocycles. The average Bonchev–Trinajstić information content (AvgIpc) is 3.01. The minimum atomic E-state index is -0.474. The highest BCUT2D eigenvalue weighted by atomic mass is 79.9. The average molecular weight is 404 g/mol. The van der Waals surface area contributed by atoms with Crippen LogP contribution in [0.1, 0.15) is 6.42 Å². The molecule has 0 spiro atoms. The van der Waals surface area contributed by atoms with Crippen molar-refractivity contribution in [3.8, 4) is 0 Å². The first-order valence-electron chi connectivity index (χ1n) is 6.90. The van der Waals surface area contributed by atoms with Crippen molar-refractivity contribution in [1.29, 1.82) is 0 Å². The van der Waals surface area contributed by atoms with Crippen LogP contribution in [0.5, 0.6) is 0 Å². The molecule has 0 aromatic heterocycles. The Morgan fingerprint density at radius 1 is 1.57 bits per heavy atom. The van der Waals surface area contributed by atoms with Crippen molar-refractivity contribution in [3.05, 3.63) is 52.1 Å². The topological polar surface area (TPSA) is 71.7 Å². The van der Waals surface area contributed by atoms with Crippen LogP contribution in [-0.2, 0) is 4.74 Å². The van der Waals surface area contributed by atoms with Crippen molar-refractivity contribution in [1.82, 2.24) is 5.32 Å². The van der Waals surface area contributed by atoms with Crippen LogP contribution in [0.25, 0.3) is 0 Å². The van der Waals surface area contributed by atoms with Crippen LogP contribution < -0.4 is 16.4 Å². The Morgan fingerprint density at radius 3 is 3.00 bits per heavy atom. The van der Waals surface area contributed by atoms with Crippen molar-refractivity contribution in [2.75, 3.05) is 18.5 Å². The molecule has 1 aromatic rings. The highest BCUT2D eigenvalue weighted by Gasteiger charge is 2.15. The summed E-state index contributed by atoms with van der Waals surface area (Å²) in [7, 11) is 0. The van der Waals surface area contributed by atoms with E-state index in [1.54, 1.807) is 12.3 Å². The minimum Gasteiger partial charge on any atom is -0.383 e. The third-order valence-electron chi connectivity index (χ3n) is 3.06. The maximum Gasteiger partial charge on any atom is 0.141 e. The fraction of sp³-hybridized carbons (Fsp3) is 0.267. The zero-order chi connectivity index (χ0) is 16.8. The van der Waals surface area contributed by atoms with Gasteiger partial charge in [0.15, 0.2) is 0 Å². The van der Waals surface area contributed by atoms with Crippen molar-refractivity contribution in [3.63, 3.8) is 0 Å². The Morgan fingerprint density at radius 2 is 2.35 bits per heavy atom. The van der Waals surface area contributed by atoms with Gasteiger partial charge >= 0.3 is 0 Å². The van der Waals surface area contributed by atoms with Gasteiger partial charge in [0.1, 0.15) is 11.7 Å². The predicted octanol–water partition coefficient (Wildman–Crippen LogP) is 3.33. The first-order valence-corrected chi connectivity index (χ1v) is 8.07. The molecule has 1 fully saturated rings. The van der Waals surface area contributed by atoms with E-state index in [0.29, 0.717) is 35.0 Å². The number of amidine groups is 1. The summed E-state index contributed by atoms with van der Waals surface area (Å²) in [5, 5.41) is 5.92. The summed E-state index contributed by atoms with van der Waals surface area (Å²) in [6.45, 7) is 5.11. The number of ether oxygens (including phenoxy) is 1. The molecule has 0 aliphatic carbocycles. The van der Waals surface area contributed by atoms with Crippen molar-refractivity contribution in [2.24, 2.45) is 10.7 Å². The Hall–Kier alpha value is -1.57. The quantitative estimate of drug-likeness (QED) is 0.503. The number of aliphatic imine (C=N–C) groups is 1. The van der Waals surface area contributed by atoms with E-state index in [4.69, 9.17) is 22.1 Å². The molecule has 124 valence electrons. The Kier molecular flexibility index (Phi) is 6.44. The second-order valence-electron chi connectivity index (χ2n) is 4.90. The number of halogens is 3. The van der Waals surface area contributed by atoms with E-state index in [2.05, 4.69) is 38.1 Å². The number of hydrogen-bond acceptors (Lipinski definition) is 4. The number of rotatable bonds is 6. The molecule has 4 N–H and O–H groups in total. The summed E-state index contributed by atoms with van der Waals surface area (Å²) >= 11 is 9.07. The van der Waals surface area contributed by atoms with Gasteiger partial charge in [0.2, 0.25) is 0 Å². The Balaban J connectivity index is 1.90. The lowest BCUT2D eigenvalue weighted by atomic mass is 10.3. The lowest BCUT2D eigenvalue weighted by molar-refractivity contribution is 0.194. The van der Waals surface area contributed by atoms with Gasteiger partial charge in [0.05, 0.1) is 28.0 Å². The lowest BCUT2D eigenvalue weighted by Gasteiger charge is -2.10. The molecule has 1 aromatic carbocycles. The van der Waals surface area contributed by atoms with E-state index in [-0.39, 0.29) is 11.1 Å². The van der Waals surface area contributed by atoms with Crippen LogP contribution in [0.15, 0.2) is 46.3 Å². The standard InChI is InChI=1S/C15H17BrClFN4O/c1-9(21-10-2-3-14(18)13(17)6-10)20-7-12(16)15(19)22-11-4-5-23-8-11/h2-3,6-7,11,20-21H,1,4-5,8H2,(H2,19,22)/t11-/m1/s1. The van der Waals surface area contributed by atoms with Crippen LogP contribution in [-0.4, -0.2) is 25.1 Å². The molecule has 0 radical (unpaired) electrons. The fourth-order valence-corrected chi connectivity index (χ4v) is 2.29. The van der Waals surface area contributed by atoms with Gasteiger partial charge in [-0.1, -0.05) is 18.2 Å². The summed E-state index contributed by atoms with van der Waals surface area (Å²) in [5.74, 6) is 0.380. The summed E-state index contributed by atoms with van der Waals surface area (Å²) in [6, 6.07) is 4.40. The maximum absolute atomic E-state index is 13.1. The Labute approximate surface area is 147 Å². The number of hydrogen-bond donors (Lipinski definition) is 3. The zero-order valence-electron chi connectivity index (χ0n) is 12.3. The van der Waals surface area contributed by atoms with Crippen LogP contribution in [0.2, 0.25) is 5.02 Å². The molecule has 1 atom stereocenters. The van der Waals surface area contributed by atoms with Crippen molar-refractivity contribution < 1.29 is 9.13 Å². The highest BCUT2D eigenvalue weighted by molar-refractivity contribution is 9.12. The molecule has 8 heteroatoms. The van der Waals surface area contributed by atoms with Gasteiger partial charge in [0.25, 0.3) is 0 Å². The monoisotopic (exact) mass is 402 g/mol. The third-order valence-corrected chi connectivity index (χ3v) is 3.98. The number of anilines is 1. The summed E-state index contributed by atoms with van der Waals surface area (Å²) in [6.07, 6.45) is 2.49. The summed E-state index contributed by atoms with van der Waals surface area (Å²) < 4.78 is 18.9. The van der Waals surface area contributed by atoms with E-state index >= 15 is 0 Å². The number of nitrogens with two attached hydrogens (primary N) is 1. The summed E-state index contributed by atoms with van der Waals surface area (Å²) in [4.78, 5) is 4.36. The van der Waals surface area contributed by atoms with Gasteiger partial charge < -0.3 is 21.1 Å². The van der Waals surface area contributed by atoms with E-state index in [1.807, 2.05) is 0 Å². The van der Waals surface area contributed by atoms with E-state index < -0.39 is 5.82 Å². The third kappa shape index (κ3) is 5.53. The van der Waals surface area contributed by atoms with Crippen LogP contribution in [0.4, 0.5) is 10.1 Å². The van der Waals surface area contributed by atoms with Crippen molar-refractivity contribution >= 4 is 39.1 Å². The Bertz CT molecular complexity index is 644. The second-order valence-corrected chi connectivity index (χ2v) is 6.16. The molecule has 0 unspecified atom stereocenters. The highest BCUT2D eigenvalue weighted by Crippen LogP contribution is 2.20. The van der Waals surface area contributed by atoms with Crippen LogP contribution in [0.3, 0.4) is 0 Å².